The molecule has 10 atom stereocenters. The maximum Gasteiger partial charge on any atom is 0.184 e. The van der Waals surface area contributed by atoms with Crippen molar-refractivity contribution in [3.8, 4) is 0 Å². The molecule has 7 nitrogen and oxygen atoms in total. The average molecular weight is 334 g/mol. The van der Waals surface area contributed by atoms with Gasteiger partial charge in [0.1, 0.15) is 24.4 Å². The van der Waals surface area contributed by atoms with Gasteiger partial charge in [0, 0.05) is 5.92 Å². The molecule has 136 valence electrons. The largest absolute Gasteiger partial charge is 0.394 e. The Kier molecular flexibility index (Phi) is 6.41. The van der Waals surface area contributed by atoms with E-state index in [1.165, 1.54) is 0 Å². The van der Waals surface area contributed by atoms with E-state index in [1.807, 2.05) is 13.8 Å². The van der Waals surface area contributed by atoms with E-state index in [9.17, 15) is 20.4 Å². The number of hydrogen-bond acceptors (Lipinski definition) is 7. The Balaban J connectivity index is 2.11. The molecular weight excluding hydrogens is 304 g/mol. The molecule has 0 saturated carbocycles. The van der Waals surface area contributed by atoms with Crippen LogP contribution < -0.4 is 0 Å². The van der Waals surface area contributed by atoms with Crippen LogP contribution in [-0.4, -0.2) is 70.1 Å². The van der Waals surface area contributed by atoms with Crippen molar-refractivity contribution in [3.63, 3.8) is 0 Å². The van der Waals surface area contributed by atoms with Gasteiger partial charge in [-0.15, -0.1) is 0 Å². The van der Waals surface area contributed by atoms with E-state index in [2.05, 4.69) is 13.8 Å². The predicted molar refractivity (Wildman–Crippen MR) is 81.3 cm³/mol. The van der Waals surface area contributed by atoms with E-state index < -0.39 is 43.6 Å². The molecule has 2 heterocycles. The number of hydrogen-bond donors (Lipinski definition) is 4. The molecule has 2 aliphatic rings. The third-order valence-electron chi connectivity index (χ3n) is 5.52. The van der Waals surface area contributed by atoms with Crippen LogP contribution in [0.1, 0.15) is 34.1 Å². The molecule has 4 N–H and O–H groups in total. The molecule has 0 bridgehead atoms. The highest BCUT2D eigenvalue weighted by Gasteiger charge is 2.48. The predicted octanol–water partition coefficient (Wildman–Crippen LogP) is -0.154. The molecule has 0 aliphatic carbocycles. The van der Waals surface area contributed by atoms with Crippen LogP contribution in [0.25, 0.3) is 0 Å². The number of rotatable bonds is 4. The minimum Gasteiger partial charge on any atom is -0.394 e. The summed E-state index contributed by atoms with van der Waals surface area (Å²) >= 11 is 0. The molecule has 0 radical (unpaired) electrons. The Labute approximate surface area is 137 Å². The smallest absolute Gasteiger partial charge is 0.184 e. The molecule has 0 aromatic heterocycles. The van der Waals surface area contributed by atoms with Crippen molar-refractivity contribution in [2.45, 2.75) is 77.2 Å². The molecule has 0 spiro atoms. The Hall–Kier alpha value is -0.280. The zero-order chi connectivity index (χ0) is 17.3. The third kappa shape index (κ3) is 3.71. The summed E-state index contributed by atoms with van der Waals surface area (Å²) in [7, 11) is 0. The van der Waals surface area contributed by atoms with E-state index in [1.54, 1.807) is 0 Å². The van der Waals surface area contributed by atoms with Gasteiger partial charge < -0.3 is 34.6 Å². The normalized spacial score (nSPS) is 51.7. The Morgan fingerprint density at radius 3 is 2.09 bits per heavy atom. The van der Waals surface area contributed by atoms with E-state index in [0.717, 1.165) is 6.42 Å². The van der Waals surface area contributed by atoms with Gasteiger partial charge in [-0.1, -0.05) is 27.7 Å². The van der Waals surface area contributed by atoms with Gasteiger partial charge >= 0.3 is 0 Å². The van der Waals surface area contributed by atoms with Crippen LogP contribution in [0.4, 0.5) is 0 Å². The first-order valence-corrected chi connectivity index (χ1v) is 8.43. The van der Waals surface area contributed by atoms with Crippen molar-refractivity contribution < 1.29 is 34.6 Å². The van der Waals surface area contributed by atoms with Crippen molar-refractivity contribution in [1.29, 1.82) is 0 Å². The average Bonchev–Trinajstić information content (AvgIpc) is 2.54. The lowest BCUT2D eigenvalue weighted by molar-refractivity contribution is -0.339. The highest BCUT2D eigenvalue weighted by molar-refractivity contribution is 4.91. The molecule has 7 heteroatoms. The van der Waals surface area contributed by atoms with Gasteiger partial charge in [-0.2, -0.15) is 0 Å². The zero-order valence-electron chi connectivity index (χ0n) is 14.2. The van der Waals surface area contributed by atoms with Gasteiger partial charge in [-0.25, -0.2) is 0 Å². The van der Waals surface area contributed by atoms with E-state index >= 15 is 0 Å². The number of ether oxygens (including phenoxy) is 3. The van der Waals surface area contributed by atoms with Crippen LogP contribution in [0.15, 0.2) is 0 Å². The van der Waals surface area contributed by atoms with Crippen LogP contribution in [0.3, 0.4) is 0 Å². The van der Waals surface area contributed by atoms with Gasteiger partial charge in [-0.05, 0) is 18.3 Å². The first kappa shape index (κ1) is 19.1. The summed E-state index contributed by atoms with van der Waals surface area (Å²) in [6.07, 6.45) is -5.96. The second-order valence-corrected chi connectivity index (χ2v) is 6.86. The summed E-state index contributed by atoms with van der Waals surface area (Å²) in [5, 5.41) is 39.3. The van der Waals surface area contributed by atoms with Gasteiger partial charge in [0.25, 0.3) is 0 Å². The SMILES string of the molecule is CCC1O[C@@H](O[C@@H]2C(O)C(O)OC(CO)[C@@H]2O)C(C)[C@@H](C)[C@H]1C. The molecule has 0 aromatic rings. The van der Waals surface area contributed by atoms with Crippen LogP contribution in [0.2, 0.25) is 0 Å². The van der Waals surface area contributed by atoms with Gasteiger partial charge in [-0.3, -0.25) is 0 Å². The molecule has 2 fully saturated rings. The van der Waals surface area contributed by atoms with Crippen LogP contribution >= 0.6 is 0 Å². The lowest BCUT2D eigenvalue weighted by Gasteiger charge is -2.47. The summed E-state index contributed by atoms with van der Waals surface area (Å²) in [6.45, 7) is 7.87. The lowest BCUT2D eigenvalue weighted by Crippen LogP contribution is -2.61. The highest BCUT2D eigenvalue weighted by atomic mass is 16.7. The quantitative estimate of drug-likeness (QED) is 0.566. The van der Waals surface area contributed by atoms with Crippen molar-refractivity contribution in [1.82, 2.24) is 0 Å². The zero-order valence-corrected chi connectivity index (χ0v) is 14.2. The van der Waals surface area contributed by atoms with Crippen LogP contribution in [0.5, 0.6) is 0 Å². The van der Waals surface area contributed by atoms with E-state index in [0.29, 0.717) is 11.8 Å². The molecule has 2 aliphatic heterocycles. The Morgan fingerprint density at radius 2 is 1.52 bits per heavy atom. The van der Waals surface area contributed by atoms with Crippen LogP contribution in [-0.2, 0) is 14.2 Å². The fourth-order valence-electron chi connectivity index (χ4n) is 3.49. The molecular formula is C16H30O7. The summed E-state index contributed by atoms with van der Waals surface area (Å²) in [6, 6.07) is 0. The molecule has 2 saturated heterocycles. The molecule has 2 rings (SSSR count). The van der Waals surface area contributed by atoms with E-state index in [-0.39, 0.29) is 12.0 Å². The molecule has 0 aromatic carbocycles. The van der Waals surface area contributed by atoms with Gasteiger partial charge in [0.2, 0.25) is 0 Å². The fraction of sp³-hybridized carbons (Fsp3) is 1.00. The Bertz CT molecular complexity index is 377. The van der Waals surface area contributed by atoms with Crippen molar-refractivity contribution >= 4 is 0 Å². The van der Waals surface area contributed by atoms with Crippen molar-refractivity contribution in [2.75, 3.05) is 6.61 Å². The standard InChI is InChI=1S/C16H30O7/c1-5-10-8(3)7(2)9(4)16(22-10)23-14-12(18)11(6-17)21-15(20)13(14)19/h7-20H,5-6H2,1-4H3/t7-,8+,9?,10?,11?,12-,13?,14-,15?,16-/m0/s1. The summed E-state index contributed by atoms with van der Waals surface area (Å²) in [5.41, 5.74) is 0. The summed E-state index contributed by atoms with van der Waals surface area (Å²) < 4.78 is 16.8. The fourth-order valence-corrected chi connectivity index (χ4v) is 3.49. The van der Waals surface area contributed by atoms with Gasteiger partial charge in [0.15, 0.2) is 12.6 Å². The van der Waals surface area contributed by atoms with Gasteiger partial charge in [0.05, 0.1) is 12.7 Å². The summed E-state index contributed by atoms with van der Waals surface area (Å²) in [4.78, 5) is 0. The maximum atomic E-state index is 10.2. The Morgan fingerprint density at radius 1 is 0.870 bits per heavy atom. The minimum atomic E-state index is -1.52. The first-order valence-electron chi connectivity index (χ1n) is 8.43. The summed E-state index contributed by atoms with van der Waals surface area (Å²) in [5.74, 6) is 0.807. The topological polar surface area (TPSA) is 109 Å². The first-order chi connectivity index (χ1) is 10.8. The maximum absolute atomic E-state index is 10.2. The van der Waals surface area contributed by atoms with Crippen molar-refractivity contribution in [2.24, 2.45) is 17.8 Å². The van der Waals surface area contributed by atoms with E-state index in [4.69, 9.17) is 14.2 Å². The molecule has 0 amide bonds. The molecule has 5 unspecified atom stereocenters. The van der Waals surface area contributed by atoms with Crippen molar-refractivity contribution in [3.05, 3.63) is 0 Å². The lowest BCUT2D eigenvalue weighted by atomic mass is 9.78. The highest BCUT2D eigenvalue weighted by Crippen LogP contribution is 2.38. The second kappa shape index (κ2) is 7.74. The number of aliphatic hydroxyl groups is 4. The monoisotopic (exact) mass is 334 g/mol. The minimum absolute atomic E-state index is 0.0406. The third-order valence-corrected chi connectivity index (χ3v) is 5.52. The second-order valence-electron chi connectivity index (χ2n) is 6.86. The van der Waals surface area contributed by atoms with Crippen LogP contribution in [0, 0.1) is 17.8 Å². The number of aliphatic hydroxyl groups excluding tert-OH is 4. The molecule has 23 heavy (non-hydrogen) atoms.